The van der Waals surface area contributed by atoms with Crippen LogP contribution in [0.5, 0.6) is 11.5 Å². The van der Waals surface area contributed by atoms with Gasteiger partial charge in [0.2, 0.25) is 5.95 Å². The summed E-state index contributed by atoms with van der Waals surface area (Å²) in [5.41, 5.74) is 1.38. The van der Waals surface area contributed by atoms with Crippen LogP contribution in [-0.2, 0) is 0 Å². The van der Waals surface area contributed by atoms with E-state index in [9.17, 15) is 4.79 Å². The van der Waals surface area contributed by atoms with Gasteiger partial charge in [0, 0.05) is 12.4 Å². The van der Waals surface area contributed by atoms with Crippen LogP contribution in [0.2, 0.25) is 0 Å². The average Bonchev–Trinajstić information content (AvgIpc) is 3.12. The van der Waals surface area contributed by atoms with Crippen LogP contribution in [0.15, 0.2) is 65.7 Å². The SMILES string of the molecule is Cc1ccccc1Oc1ccc2nc(-n3cccn3)[nH]c(=O)c2c1. The largest absolute Gasteiger partial charge is 0.457 e. The van der Waals surface area contributed by atoms with Crippen molar-refractivity contribution in [3.8, 4) is 17.4 Å². The number of benzene rings is 2. The number of H-pyrrole nitrogens is 1. The summed E-state index contributed by atoms with van der Waals surface area (Å²) < 4.78 is 7.39. The van der Waals surface area contributed by atoms with Crippen molar-refractivity contribution in [3.05, 3.63) is 76.8 Å². The normalized spacial score (nSPS) is 10.9. The number of para-hydroxylation sites is 1. The second kappa shape index (κ2) is 5.66. The molecule has 0 atom stereocenters. The summed E-state index contributed by atoms with van der Waals surface area (Å²) in [6, 6.07) is 14.8. The molecule has 4 aromatic rings. The van der Waals surface area contributed by atoms with Gasteiger partial charge in [0.15, 0.2) is 0 Å². The molecule has 0 aliphatic rings. The van der Waals surface area contributed by atoms with Crippen molar-refractivity contribution in [3.63, 3.8) is 0 Å². The van der Waals surface area contributed by atoms with Gasteiger partial charge in [0.05, 0.1) is 10.9 Å². The molecule has 0 spiro atoms. The molecule has 0 aliphatic carbocycles. The standard InChI is InChI=1S/C18H14N4O2/c1-12-5-2-3-6-16(12)24-13-7-8-15-14(11-13)17(23)21-18(20-15)22-10-4-9-19-22/h2-11H,1H3,(H,20,21,23). The van der Waals surface area contributed by atoms with E-state index < -0.39 is 0 Å². The Labute approximate surface area is 137 Å². The Bertz CT molecular complexity index is 1070. The Morgan fingerprint density at radius 2 is 2.00 bits per heavy atom. The molecule has 6 nitrogen and oxygen atoms in total. The van der Waals surface area contributed by atoms with Crippen molar-refractivity contribution >= 4 is 10.9 Å². The highest BCUT2D eigenvalue weighted by Gasteiger charge is 2.08. The van der Waals surface area contributed by atoms with E-state index in [0.717, 1.165) is 11.3 Å². The van der Waals surface area contributed by atoms with E-state index >= 15 is 0 Å². The zero-order valence-electron chi connectivity index (χ0n) is 12.9. The highest BCUT2D eigenvalue weighted by Crippen LogP contribution is 2.26. The molecule has 2 aromatic heterocycles. The molecule has 0 unspecified atom stereocenters. The molecule has 24 heavy (non-hydrogen) atoms. The first-order chi connectivity index (χ1) is 11.7. The summed E-state index contributed by atoms with van der Waals surface area (Å²) >= 11 is 0. The quantitative estimate of drug-likeness (QED) is 0.629. The molecule has 2 heterocycles. The maximum absolute atomic E-state index is 12.4. The molecule has 0 saturated heterocycles. The Morgan fingerprint density at radius 1 is 1.12 bits per heavy atom. The van der Waals surface area contributed by atoms with Crippen LogP contribution in [0, 0.1) is 6.92 Å². The molecular weight excluding hydrogens is 304 g/mol. The fourth-order valence-electron chi connectivity index (χ4n) is 2.47. The number of fused-ring (bicyclic) bond motifs is 1. The first-order valence-corrected chi connectivity index (χ1v) is 7.48. The van der Waals surface area contributed by atoms with Gasteiger partial charge in [-0.1, -0.05) is 18.2 Å². The number of aromatic amines is 1. The van der Waals surface area contributed by atoms with E-state index in [1.807, 2.05) is 31.2 Å². The minimum Gasteiger partial charge on any atom is -0.457 e. The van der Waals surface area contributed by atoms with Gasteiger partial charge in [-0.05, 0) is 42.8 Å². The topological polar surface area (TPSA) is 72.8 Å². The third kappa shape index (κ3) is 2.54. The van der Waals surface area contributed by atoms with E-state index in [1.54, 1.807) is 36.7 Å². The number of nitrogens with zero attached hydrogens (tertiary/aromatic N) is 3. The third-order valence-electron chi connectivity index (χ3n) is 3.71. The molecule has 4 rings (SSSR count). The van der Waals surface area contributed by atoms with Gasteiger partial charge in [-0.3, -0.25) is 9.78 Å². The zero-order chi connectivity index (χ0) is 16.5. The van der Waals surface area contributed by atoms with E-state index in [-0.39, 0.29) is 5.56 Å². The lowest BCUT2D eigenvalue weighted by molar-refractivity contribution is 0.479. The van der Waals surface area contributed by atoms with Gasteiger partial charge < -0.3 is 4.74 Å². The van der Waals surface area contributed by atoms with Gasteiger partial charge in [-0.2, -0.15) is 5.10 Å². The van der Waals surface area contributed by atoms with E-state index in [1.165, 1.54) is 4.68 Å². The second-order valence-electron chi connectivity index (χ2n) is 5.39. The van der Waals surface area contributed by atoms with Crippen LogP contribution in [0.3, 0.4) is 0 Å². The Morgan fingerprint density at radius 3 is 2.79 bits per heavy atom. The number of aromatic nitrogens is 4. The van der Waals surface area contributed by atoms with Crippen molar-refractivity contribution < 1.29 is 4.74 Å². The number of rotatable bonds is 3. The number of nitrogens with one attached hydrogen (secondary N) is 1. The molecule has 0 amide bonds. The number of aryl methyl sites for hydroxylation is 1. The van der Waals surface area contributed by atoms with Crippen LogP contribution < -0.4 is 10.3 Å². The van der Waals surface area contributed by atoms with Crippen LogP contribution in [-0.4, -0.2) is 19.7 Å². The fourth-order valence-corrected chi connectivity index (χ4v) is 2.47. The van der Waals surface area contributed by atoms with Gasteiger partial charge in [-0.15, -0.1) is 0 Å². The van der Waals surface area contributed by atoms with Gasteiger partial charge in [0.1, 0.15) is 11.5 Å². The lowest BCUT2D eigenvalue weighted by atomic mass is 10.2. The summed E-state index contributed by atoms with van der Waals surface area (Å²) in [7, 11) is 0. The number of hydrogen-bond donors (Lipinski definition) is 1. The fraction of sp³-hybridized carbons (Fsp3) is 0.0556. The zero-order valence-corrected chi connectivity index (χ0v) is 12.9. The summed E-state index contributed by atoms with van der Waals surface area (Å²) in [5.74, 6) is 1.73. The monoisotopic (exact) mass is 318 g/mol. The summed E-state index contributed by atoms with van der Waals surface area (Å²) in [6.07, 6.45) is 3.35. The Balaban J connectivity index is 1.76. The summed E-state index contributed by atoms with van der Waals surface area (Å²) in [4.78, 5) is 19.5. The predicted molar refractivity (Wildman–Crippen MR) is 90.7 cm³/mol. The predicted octanol–water partition coefficient (Wildman–Crippen LogP) is 3.21. The van der Waals surface area contributed by atoms with Crippen LogP contribution in [0.25, 0.3) is 16.9 Å². The molecular formula is C18H14N4O2. The van der Waals surface area contributed by atoms with Crippen molar-refractivity contribution in [2.45, 2.75) is 6.92 Å². The lowest BCUT2D eigenvalue weighted by Crippen LogP contribution is -2.13. The van der Waals surface area contributed by atoms with Crippen molar-refractivity contribution in [2.75, 3.05) is 0 Å². The minimum atomic E-state index is -0.235. The molecule has 0 bridgehead atoms. The smallest absolute Gasteiger partial charge is 0.260 e. The van der Waals surface area contributed by atoms with Gasteiger partial charge in [-0.25, -0.2) is 9.67 Å². The van der Waals surface area contributed by atoms with E-state index in [4.69, 9.17) is 4.74 Å². The highest BCUT2D eigenvalue weighted by molar-refractivity contribution is 5.79. The van der Waals surface area contributed by atoms with Crippen molar-refractivity contribution in [2.24, 2.45) is 0 Å². The first-order valence-electron chi connectivity index (χ1n) is 7.48. The van der Waals surface area contributed by atoms with Crippen molar-refractivity contribution in [1.82, 2.24) is 19.7 Å². The van der Waals surface area contributed by atoms with E-state index in [0.29, 0.717) is 22.6 Å². The maximum Gasteiger partial charge on any atom is 0.260 e. The molecule has 118 valence electrons. The van der Waals surface area contributed by atoms with Crippen LogP contribution >= 0.6 is 0 Å². The molecule has 2 aromatic carbocycles. The van der Waals surface area contributed by atoms with Crippen LogP contribution in [0.4, 0.5) is 0 Å². The molecule has 0 aliphatic heterocycles. The minimum absolute atomic E-state index is 0.235. The number of ether oxygens (including phenoxy) is 1. The molecule has 0 radical (unpaired) electrons. The first kappa shape index (κ1) is 14.2. The third-order valence-corrected chi connectivity index (χ3v) is 3.71. The average molecular weight is 318 g/mol. The maximum atomic E-state index is 12.4. The molecule has 1 N–H and O–H groups in total. The molecule has 0 fully saturated rings. The van der Waals surface area contributed by atoms with E-state index in [2.05, 4.69) is 15.1 Å². The second-order valence-corrected chi connectivity index (χ2v) is 5.39. The number of hydrogen-bond acceptors (Lipinski definition) is 4. The Hall–Kier alpha value is -3.41. The molecule has 6 heteroatoms. The van der Waals surface area contributed by atoms with Gasteiger partial charge >= 0.3 is 0 Å². The highest BCUT2D eigenvalue weighted by atomic mass is 16.5. The lowest BCUT2D eigenvalue weighted by Gasteiger charge is -2.09. The summed E-state index contributed by atoms with van der Waals surface area (Å²) in [6.45, 7) is 1.97. The summed E-state index contributed by atoms with van der Waals surface area (Å²) in [5, 5.41) is 4.55. The van der Waals surface area contributed by atoms with Crippen molar-refractivity contribution in [1.29, 1.82) is 0 Å². The van der Waals surface area contributed by atoms with Gasteiger partial charge in [0.25, 0.3) is 5.56 Å². The molecule has 0 saturated carbocycles. The Kier molecular flexibility index (Phi) is 3.35. The van der Waals surface area contributed by atoms with Crippen LogP contribution in [0.1, 0.15) is 5.56 Å².